The zero-order valence-corrected chi connectivity index (χ0v) is 9.97. The van der Waals surface area contributed by atoms with E-state index >= 15 is 0 Å². The number of hydrogen-bond acceptors (Lipinski definition) is 3. The summed E-state index contributed by atoms with van der Waals surface area (Å²) in [6.45, 7) is 1.70. The van der Waals surface area contributed by atoms with E-state index in [1.54, 1.807) is 18.5 Å². The van der Waals surface area contributed by atoms with E-state index in [4.69, 9.17) is 0 Å². The number of nitrogens with one attached hydrogen (secondary N) is 1. The number of aromatic amines is 1. The van der Waals surface area contributed by atoms with E-state index < -0.39 is 0 Å². The normalized spacial score (nSPS) is 15.0. The minimum atomic E-state index is 0.0420. The molecule has 3 heterocycles. The van der Waals surface area contributed by atoms with Gasteiger partial charge in [-0.2, -0.15) is 5.10 Å². The Balaban J connectivity index is 1.83. The third-order valence-electron chi connectivity index (χ3n) is 3.18. The van der Waals surface area contributed by atoms with Gasteiger partial charge in [0.2, 0.25) is 0 Å². The van der Waals surface area contributed by atoms with Crippen molar-refractivity contribution in [2.24, 2.45) is 0 Å². The molecule has 0 bridgehead atoms. The number of carbonyl (C=O) groups is 1. The van der Waals surface area contributed by atoms with E-state index in [1.807, 2.05) is 17.0 Å². The van der Waals surface area contributed by atoms with Crippen molar-refractivity contribution in [3.63, 3.8) is 0 Å². The van der Waals surface area contributed by atoms with Gasteiger partial charge >= 0.3 is 0 Å². The molecule has 0 saturated carbocycles. The van der Waals surface area contributed by atoms with E-state index in [0.717, 1.165) is 37.2 Å². The first-order chi connectivity index (χ1) is 8.84. The van der Waals surface area contributed by atoms with Crippen molar-refractivity contribution in [2.75, 3.05) is 13.1 Å². The molecule has 92 valence electrons. The first-order valence-corrected chi connectivity index (χ1v) is 6.10. The summed E-state index contributed by atoms with van der Waals surface area (Å²) in [5, 5.41) is 7.00. The van der Waals surface area contributed by atoms with Gasteiger partial charge in [0, 0.05) is 31.0 Å². The second-order valence-electron chi connectivity index (χ2n) is 4.40. The Bertz CT molecular complexity index is 543. The van der Waals surface area contributed by atoms with Crippen LogP contribution in [-0.4, -0.2) is 39.1 Å². The molecule has 1 amide bonds. The monoisotopic (exact) mass is 242 g/mol. The Morgan fingerprint density at radius 2 is 1.94 bits per heavy atom. The molecule has 0 aromatic carbocycles. The first-order valence-electron chi connectivity index (χ1n) is 6.10. The van der Waals surface area contributed by atoms with Crippen molar-refractivity contribution < 1.29 is 4.79 Å². The van der Waals surface area contributed by atoms with Gasteiger partial charge in [0.25, 0.3) is 5.91 Å². The van der Waals surface area contributed by atoms with Gasteiger partial charge in [0.1, 0.15) is 5.69 Å². The Kier molecular flexibility index (Phi) is 2.80. The van der Waals surface area contributed by atoms with Crippen LogP contribution in [0.4, 0.5) is 0 Å². The zero-order valence-electron chi connectivity index (χ0n) is 9.97. The van der Waals surface area contributed by atoms with E-state index in [2.05, 4.69) is 15.2 Å². The molecule has 1 aliphatic heterocycles. The quantitative estimate of drug-likeness (QED) is 0.872. The van der Waals surface area contributed by atoms with Crippen LogP contribution >= 0.6 is 0 Å². The lowest BCUT2D eigenvalue weighted by molar-refractivity contribution is 0.0787. The fourth-order valence-electron chi connectivity index (χ4n) is 2.19. The molecular weight excluding hydrogens is 228 g/mol. The fourth-order valence-corrected chi connectivity index (χ4v) is 2.19. The number of hydrogen-bond donors (Lipinski definition) is 1. The highest BCUT2D eigenvalue weighted by atomic mass is 16.2. The molecule has 1 fully saturated rings. The molecule has 1 aliphatic rings. The lowest BCUT2D eigenvalue weighted by Crippen LogP contribution is -2.27. The minimum absolute atomic E-state index is 0.0420. The molecule has 18 heavy (non-hydrogen) atoms. The maximum absolute atomic E-state index is 12.1. The average Bonchev–Trinajstić information content (AvgIpc) is 3.10. The lowest BCUT2D eigenvalue weighted by Gasteiger charge is -2.12. The highest BCUT2D eigenvalue weighted by Gasteiger charge is 2.21. The van der Waals surface area contributed by atoms with E-state index in [9.17, 15) is 4.79 Å². The van der Waals surface area contributed by atoms with Crippen molar-refractivity contribution in [2.45, 2.75) is 12.8 Å². The van der Waals surface area contributed by atoms with Crippen molar-refractivity contribution >= 4 is 5.91 Å². The first kappa shape index (κ1) is 11.0. The second kappa shape index (κ2) is 4.60. The topological polar surface area (TPSA) is 61.9 Å². The molecule has 0 atom stereocenters. The highest BCUT2D eigenvalue weighted by Crippen LogP contribution is 2.18. The van der Waals surface area contributed by atoms with Gasteiger partial charge in [-0.3, -0.25) is 14.9 Å². The fraction of sp³-hybridized carbons (Fsp3) is 0.308. The Hall–Kier alpha value is -2.17. The number of amides is 1. The molecule has 5 nitrogen and oxygen atoms in total. The molecule has 0 spiro atoms. The van der Waals surface area contributed by atoms with E-state index in [0.29, 0.717) is 5.69 Å². The highest BCUT2D eigenvalue weighted by molar-refractivity contribution is 5.93. The molecular formula is C13H14N4O. The third-order valence-corrected chi connectivity index (χ3v) is 3.18. The van der Waals surface area contributed by atoms with E-state index in [-0.39, 0.29) is 5.91 Å². The molecule has 0 aliphatic carbocycles. The summed E-state index contributed by atoms with van der Waals surface area (Å²) in [5.74, 6) is 0.0420. The number of H-pyrrole nitrogens is 1. The number of likely N-dealkylation sites (tertiary alicyclic amines) is 1. The summed E-state index contributed by atoms with van der Waals surface area (Å²) in [6, 6.07) is 5.55. The molecule has 2 aromatic rings. The Morgan fingerprint density at radius 1 is 1.22 bits per heavy atom. The van der Waals surface area contributed by atoms with Crippen LogP contribution in [0, 0.1) is 0 Å². The number of rotatable bonds is 2. The summed E-state index contributed by atoms with van der Waals surface area (Å²) in [6.07, 6.45) is 5.62. The summed E-state index contributed by atoms with van der Waals surface area (Å²) in [5.41, 5.74) is 2.30. The maximum atomic E-state index is 12.1. The van der Waals surface area contributed by atoms with Gasteiger partial charge in [0.15, 0.2) is 0 Å². The summed E-state index contributed by atoms with van der Waals surface area (Å²) < 4.78 is 0. The van der Waals surface area contributed by atoms with Gasteiger partial charge in [-0.15, -0.1) is 0 Å². The Labute approximate surface area is 105 Å². The van der Waals surface area contributed by atoms with Crippen molar-refractivity contribution in [1.82, 2.24) is 20.1 Å². The van der Waals surface area contributed by atoms with Gasteiger partial charge < -0.3 is 4.90 Å². The number of carbonyl (C=O) groups excluding carboxylic acids is 1. The van der Waals surface area contributed by atoms with Crippen molar-refractivity contribution in [3.8, 4) is 11.3 Å². The molecule has 0 unspecified atom stereocenters. The summed E-state index contributed by atoms with van der Waals surface area (Å²) in [4.78, 5) is 18.0. The molecule has 0 radical (unpaired) electrons. The van der Waals surface area contributed by atoms with Crippen molar-refractivity contribution in [3.05, 3.63) is 36.3 Å². The minimum Gasteiger partial charge on any atom is -0.337 e. The van der Waals surface area contributed by atoms with Crippen LogP contribution in [0.25, 0.3) is 11.3 Å². The summed E-state index contributed by atoms with van der Waals surface area (Å²) >= 11 is 0. The SMILES string of the molecule is O=C(c1cc(-c2ccncc2)n[nH]1)N1CCCC1. The zero-order chi connectivity index (χ0) is 12.4. The number of aromatic nitrogens is 3. The van der Waals surface area contributed by atoms with Crippen LogP contribution in [0.2, 0.25) is 0 Å². The molecule has 3 rings (SSSR count). The lowest BCUT2D eigenvalue weighted by atomic mass is 10.2. The standard InChI is InChI=1S/C13H14N4O/c18-13(17-7-1-2-8-17)12-9-11(15-16-12)10-3-5-14-6-4-10/h3-6,9H,1-2,7-8H2,(H,15,16). The predicted molar refractivity (Wildman–Crippen MR) is 67.0 cm³/mol. The maximum Gasteiger partial charge on any atom is 0.271 e. The largest absolute Gasteiger partial charge is 0.337 e. The van der Waals surface area contributed by atoms with Gasteiger partial charge in [-0.25, -0.2) is 0 Å². The van der Waals surface area contributed by atoms with Crippen LogP contribution in [-0.2, 0) is 0 Å². The smallest absolute Gasteiger partial charge is 0.271 e. The van der Waals surface area contributed by atoms with Crippen LogP contribution < -0.4 is 0 Å². The van der Waals surface area contributed by atoms with Gasteiger partial charge in [-0.05, 0) is 31.0 Å². The Morgan fingerprint density at radius 3 is 2.67 bits per heavy atom. The second-order valence-corrected chi connectivity index (χ2v) is 4.40. The third kappa shape index (κ3) is 1.99. The van der Waals surface area contributed by atoms with Crippen LogP contribution in [0.15, 0.2) is 30.6 Å². The predicted octanol–water partition coefficient (Wildman–Crippen LogP) is 1.71. The van der Waals surface area contributed by atoms with Crippen LogP contribution in [0.1, 0.15) is 23.3 Å². The van der Waals surface area contributed by atoms with Gasteiger partial charge in [0.05, 0.1) is 5.69 Å². The summed E-state index contributed by atoms with van der Waals surface area (Å²) in [7, 11) is 0. The average molecular weight is 242 g/mol. The van der Waals surface area contributed by atoms with Gasteiger partial charge in [-0.1, -0.05) is 0 Å². The number of pyridine rings is 1. The molecule has 5 heteroatoms. The van der Waals surface area contributed by atoms with Crippen LogP contribution in [0.5, 0.6) is 0 Å². The number of nitrogens with zero attached hydrogens (tertiary/aromatic N) is 3. The molecule has 1 N–H and O–H groups in total. The van der Waals surface area contributed by atoms with Crippen molar-refractivity contribution in [1.29, 1.82) is 0 Å². The molecule has 1 saturated heterocycles. The molecule has 2 aromatic heterocycles. The van der Waals surface area contributed by atoms with Crippen LogP contribution in [0.3, 0.4) is 0 Å². The van der Waals surface area contributed by atoms with E-state index in [1.165, 1.54) is 0 Å².